The number of aryl methyl sites for hydroxylation is 1. The van der Waals surface area contributed by atoms with E-state index in [9.17, 15) is 4.79 Å². The fourth-order valence-corrected chi connectivity index (χ4v) is 6.82. The van der Waals surface area contributed by atoms with Gasteiger partial charge in [0.25, 0.3) is 0 Å². The van der Waals surface area contributed by atoms with Gasteiger partial charge in [0.2, 0.25) is 0 Å². The van der Waals surface area contributed by atoms with Crippen LogP contribution in [-0.2, 0) is 50.1 Å². The third kappa shape index (κ3) is 8.37. The SMILES string of the molecule is Cc1cccc2c1c(C=O)cn2[C@@H]1O[C@H](COCc2ccccc2)[C@@H](OCc2ccccc2)[C@H](OCc2ccccc2)[C@H]1OCc1ccccc1. The summed E-state index contributed by atoms with van der Waals surface area (Å²) in [7, 11) is 0. The second-order valence-corrected chi connectivity index (χ2v) is 12.9. The van der Waals surface area contributed by atoms with E-state index in [1.807, 2.05) is 145 Å². The number of carbonyl (C=O) groups is 1. The van der Waals surface area contributed by atoms with Crippen LogP contribution in [0.15, 0.2) is 146 Å². The summed E-state index contributed by atoms with van der Waals surface area (Å²) in [6, 6.07) is 46.4. The van der Waals surface area contributed by atoms with Gasteiger partial charge in [-0.2, -0.15) is 0 Å². The van der Waals surface area contributed by atoms with Crippen LogP contribution in [0.4, 0.5) is 0 Å². The molecule has 51 heavy (non-hydrogen) atoms. The molecule has 0 spiro atoms. The molecule has 0 aliphatic carbocycles. The molecule has 1 aliphatic rings. The first kappa shape index (κ1) is 34.6. The number of aromatic nitrogens is 1. The van der Waals surface area contributed by atoms with E-state index in [0.29, 0.717) is 32.0 Å². The first-order valence-corrected chi connectivity index (χ1v) is 17.5. The molecular formula is C44H43NO6. The van der Waals surface area contributed by atoms with E-state index >= 15 is 0 Å². The van der Waals surface area contributed by atoms with Crippen LogP contribution < -0.4 is 0 Å². The molecule has 1 aliphatic heterocycles. The molecule has 0 unspecified atom stereocenters. The van der Waals surface area contributed by atoms with Gasteiger partial charge in [0.15, 0.2) is 12.5 Å². The molecule has 260 valence electrons. The van der Waals surface area contributed by atoms with Crippen LogP contribution >= 0.6 is 0 Å². The zero-order valence-corrected chi connectivity index (χ0v) is 28.8. The molecule has 7 heteroatoms. The van der Waals surface area contributed by atoms with E-state index in [-0.39, 0.29) is 6.61 Å². The van der Waals surface area contributed by atoms with Crippen molar-refractivity contribution in [3.05, 3.63) is 179 Å². The zero-order valence-electron chi connectivity index (χ0n) is 28.8. The van der Waals surface area contributed by atoms with Crippen LogP contribution in [0.3, 0.4) is 0 Å². The predicted molar refractivity (Wildman–Crippen MR) is 197 cm³/mol. The van der Waals surface area contributed by atoms with E-state index in [4.69, 9.17) is 23.7 Å². The van der Waals surface area contributed by atoms with Crippen molar-refractivity contribution in [2.45, 2.75) is 64.0 Å². The maximum Gasteiger partial charge on any atom is 0.163 e. The number of aldehydes is 1. The first-order chi connectivity index (χ1) is 25.2. The minimum Gasteiger partial charge on any atom is -0.374 e. The second kappa shape index (κ2) is 16.9. The van der Waals surface area contributed by atoms with E-state index < -0.39 is 30.6 Å². The Labute approximate surface area is 299 Å². The predicted octanol–water partition coefficient (Wildman–Crippen LogP) is 8.63. The largest absolute Gasteiger partial charge is 0.374 e. The number of benzene rings is 5. The number of rotatable bonds is 15. The van der Waals surface area contributed by atoms with Crippen LogP contribution in [0.5, 0.6) is 0 Å². The summed E-state index contributed by atoms with van der Waals surface area (Å²) in [5.41, 5.74) is 6.64. The molecule has 1 saturated heterocycles. The molecule has 5 atom stereocenters. The van der Waals surface area contributed by atoms with Crippen molar-refractivity contribution in [2.24, 2.45) is 0 Å². The minimum atomic E-state index is -0.672. The molecule has 1 fully saturated rings. The van der Waals surface area contributed by atoms with E-state index in [1.54, 1.807) is 0 Å². The highest BCUT2D eigenvalue weighted by molar-refractivity contribution is 5.99. The molecule has 2 heterocycles. The standard InChI is InChI=1S/C44H43NO6/c1-32-15-14-24-38-40(32)37(26-46)25-45(38)44-43(50-30-36-22-12-5-13-23-36)42(49-29-35-20-10-4-11-21-35)41(48-28-34-18-8-3-9-19-34)39(51-44)31-47-27-33-16-6-2-7-17-33/h2-26,39,41-44H,27-31H2,1H3/t39-,41-,42+,43-,44-/m1/s1. The van der Waals surface area contributed by atoms with Gasteiger partial charge in [-0.1, -0.05) is 133 Å². The lowest BCUT2D eigenvalue weighted by Gasteiger charge is -2.46. The topological polar surface area (TPSA) is 68.2 Å². The number of fused-ring (bicyclic) bond motifs is 1. The average Bonchev–Trinajstić information content (AvgIpc) is 3.57. The maximum atomic E-state index is 12.4. The summed E-state index contributed by atoms with van der Waals surface area (Å²) in [5.74, 6) is 0. The Morgan fingerprint density at radius 2 is 1.08 bits per heavy atom. The van der Waals surface area contributed by atoms with Crippen LogP contribution in [0, 0.1) is 6.92 Å². The Morgan fingerprint density at radius 3 is 1.61 bits per heavy atom. The Hall–Kier alpha value is -4.89. The highest BCUT2D eigenvalue weighted by atomic mass is 16.6. The molecular weight excluding hydrogens is 638 g/mol. The lowest BCUT2D eigenvalue weighted by molar-refractivity contribution is -0.289. The fraction of sp³-hybridized carbons (Fsp3) is 0.250. The average molecular weight is 682 g/mol. The van der Waals surface area contributed by atoms with Gasteiger partial charge in [-0.3, -0.25) is 4.79 Å². The van der Waals surface area contributed by atoms with E-state index in [1.165, 1.54) is 0 Å². The van der Waals surface area contributed by atoms with Gasteiger partial charge in [0.05, 0.1) is 38.6 Å². The summed E-state index contributed by atoms with van der Waals surface area (Å²) in [6.07, 6.45) is -0.203. The van der Waals surface area contributed by atoms with Gasteiger partial charge in [0.1, 0.15) is 24.4 Å². The van der Waals surface area contributed by atoms with Gasteiger partial charge >= 0.3 is 0 Å². The van der Waals surface area contributed by atoms with Crippen molar-refractivity contribution < 1.29 is 28.5 Å². The lowest BCUT2D eigenvalue weighted by atomic mass is 9.96. The molecule has 1 aromatic heterocycles. The van der Waals surface area contributed by atoms with Crippen molar-refractivity contribution in [1.29, 1.82) is 0 Å². The molecule has 0 bridgehead atoms. The summed E-state index contributed by atoms with van der Waals surface area (Å²) < 4.78 is 36.1. The quantitative estimate of drug-likeness (QED) is 0.101. The zero-order chi connectivity index (χ0) is 34.8. The molecule has 7 nitrogen and oxygen atoms in total. The van der Waals surface area contributed by atoms with Crippen LogP contribution in [0.2, 0.25) is 0 Å². The molecule has 6 aromatic rings. The van der Waals surface area contributed by atoms with Crippen molar-refractivity contribution in [3.63, 3.8) is 0 Å². The highest BCUT2D eigenvalue weighted by Gasteiger charge is 2.49. The second-order valence-electron chi connectivity index (χ2n) is 12.9. The Bertz CT molecular complexity index is 1970. The van der Waals surface area contributed by atoms with Gasteiger partial charge < -0.3 is 28.3 Å². The van der Waals surface area contributed by atoms with Gasteiger partial charge in [-0.15, -0.1) is 0 Å². The van der Waals surface area contributed by atoms with E-state index in [0.717, 1.165) is 45.0 Å². The van der Waals surface area contributed by atoms with Crippen molar-refractivity contribution in [3.8, 4) is 0 Å². The van der Waals surface area contributed by atoms with E-state index in [2.05, 4.69) is 12.1 Å². The van der Waals surface area contributed by atoms with Crippen LogP contribution in [-0.4, -0.2) is 41.9 Å². The number of ether oxygens (including phenoxy) is 5. The first-order valence-electron chi connectivity index (χ1n) is 17.5. The normalized spacial score (nSPS) is 20.4. The van der Waals surface area contributed by atoms with Crippen molar-refractivity contribution in [2.75, 3.05) is 6.61 Å². The third-order valence-corrected chi connectivity index (χ3v) is 9.36. The molecule has 0 N–H and O–H groups in total. The molecule has 0 radical (unpaired) electrons. The number of hydrogen-bond acceptors (Lipinski definition) is 6. The molecule has 0 amide bonds. The monoisotopic (exact) mass is 681 g/mol. The third-order valence-electron chi connectivity index (χ3n) is 9.36. The lowest BCUT2D eigenvalue weighted by Crippen LogP contribution is -2.59. The summed E-state index contributed by atoms with van der Waals surface area (Å²) in [4.78, 5) is 12.4. The van der Waals surface area contributed by atoms with Gasteiger partial charge in [-0.05, 0) is 40.8 Å². The molecule has 5 aromatic carbocycles. The smallest absolute Gasteiger partial charge is 0.163 e. The van der Waals surface area contributed by atoms with Gasteiger partial charge in [-0.25, -0.2) is 0 Å². The number of carbonyl (C=O) groups excluding carboxylic acids is 1. The molecule has 7 rings (SSSR count). The minimum absolute atomic E-state index is 0.250. The summed E-state index contributed by atoms with van der Waals surface area (Å²) in [6.45, 7) is 3.71. The highest BCUT2D eigenvalue weighted by Crippen LogP contribution is 2.39. The van der Waals surface area contributed by atoms with Crippen molar-refractivity contribution in [1.82, 2.24) is 4.57 Å². The number of nitrogens with zero attached hydrogens (tertiary/aromatic N) is 1. The summed E-state index contributed by atoms with van der Waals surface area (Å²) in [5, 5.41) is 0.888. The Morgan fingerprint density at radius 1 is 0.588 bits per heavy atom. The Balaban J connectivity index is 1.30. The van der Waals surface area contributed by atoms with Crippen molar-refractivity contribution >= 4 is 17.2 Å². The van der Waals surface area contributed by atoms with Crippen LogP contribution in [0.25, 0.3) is 10.9 Å². The fourth-order valence-electron chi connectivity index (χ4n) is 6.82. The maximum absolute atomic E-state index is 12.4. The van der Waals surface area contributed by atoms with Crippen LogP contribution in [0.1, 0.15) is 44.4 Å². The summed E-state index contributed by atoms with van der Waals surface area (Å²) >= 11 is 0. The van der Waals surface area contributed by atoms with Gasteiger partial charge in [0, 0.05) is 17.1 Å². The Kier molecular flexibility index (Phi) is 11.4. The molecule has 0 saturated carbocycles. The number of hydrogen-bond donors (Lipinski definition) is 0.